The Balaban J connectivity index is 2.30. The molecule has 0 spiro atoms. The molecular formula is C12H13N3O3S. The number of aryl methyl sites for hydroxylation is 1. The van der Waals surface area contributed by atoms with Crippen LogP contribution in [0.2, 0.25) is 0 Å². The normalized spacial score (nSPS) is 11.3. The minimum absolute atomic E-state index is 0.104. The minimum atomic E-state index is -3.74. The highest BCUT2D eigenvalue weighted by Crippen LogP contribution is 2.17. The molecule has 0 atom stereocenters. The summed E-state index contributed by atoms with van der Waals surface area (Å²) in [4.78, 5) is 7.69. The molecule has 0 saturated heterocycles. The maximum atomic E-state index is 12.1. The zero-order valence-electron chi connectivity index (χ0n) is 10.2. The Hall–Kier alpha value is -1.99. The molecule has 0 unspecified atom stereocenters. The molecule has 6 nitrogen and oxygen atoms in total. The van der Waals surface area contributed by atoms with Gasteiger partial charge in [-0.3, -0.25) is 9.71 Å². The molecule has 0 amide bonds. The average molecular weight is 279 g/mol. The Morgan fingerprint density at radius 1 is 1.26 bits per heavy atom. The zero-order chi connectivity index (χ0) is 13.9. The van der Waals surface area contributed by atoms with Crippen molar-refractivity contribution < 1.29 is 13.5 Å². The second-order valence-electron chi connectivity index (χ2n) is 3.96. The van der Waals surface area contributed by atoms with Gasteiger partial charge >= 0.3 is 0 Å². The summed E-state index contributed by atoms with van der Waals surface area (Å²) in [6, 6.07) is 4.57. The van der Waals surface area contributed by atoms with Crippen molar-refractivity contribution in [2.24, 2.45) is 0 Å². The van der Waals surface area contributed by atoms with Crippen LogP contribution in [-0.2, 0) is 16.6 Å². The molecule has 0 aromatic carbocycles. The smallest absolute Gasteiger partial charge is 0.279 e. The molecule has 2 rings (SSSR count). The van der Waals surface area contributed by atoms with Gasteiger partial charge in [0.15, 0.2) is 5.03 Å². The van der Waals surface area contributed by atoms with E-state index >= 15 is 0 Å². The highest BCUT2D eigenvalue weighted by molar-refractivity contribution is 7.92. The lowest BCUT2D eigenvalue weighted by Crippen LogP contribution is -2.15. The van der Waals surface area contributed by atoms with Crippen molar-refractivity contribution in [3.8, 4) is 0 Å². The van der Waals surface area contributed by atoms with Crippen molar-refractivity contribution in [1.82, 2.24) is 9.97 Å². The third-order valence-electron chi connectivity index (χ3n) is 2.54. The number of aliphatic hydroxyl groups excluding tert-OH is 1. The molecule has 100 valence electrons. The first kappa shape index (κ1) is 13.4. The molecule has 2 aromatic heterocycles. The van der Waals surface area contributed by atoms with Gasteiger partial charge in [0.2, 0.25) is 0 Å². The van der Waals surface area contributed by atoms with Gasteiger partial charge in [-0.2, -0.15) is 8.42 Å². The topological polar surface area (TPSA) is 92.2 Å². The van der Waals surface area contributed by atoms with Crippen LogP contribution in [0.5, 0.6) is 0 Å². The predicted molar refractivity (Wildman–Crippen MR) is 69.9 cm³/mol. The van der Waals surface area contributed by atoms with Crippen molar-refractivity contribution in [2.75, 3.05) is 4.72 Å². The SMILES string of the molecule is Cc1ccncc1NS(=O)(=O)c1ccc(CO)cn1. The molecule has 0 saturated carbocycles. The number of nitrogens with one attached hydrogen (secondary N) is 1. The van der Waals surface area contributed by atoms with E-state index in [1.54, 1.807) is 19.2 Å². The fraction of sp³-hybridized carbons (Fsp3) is 0.167. The maximum Gasteiger partial charge on any atom is 0.279 e. The van der Waals surface area contributed by atoms with Gasteiger partial charge in [0.25, 0.3) is 10.0 Å². The molecule has 19 heavy (non-hydrogen) atoms. The molecule has 0 fully saturated rings. The number of nitrogens with zero attached hydrogens (tertiary/aromatic N) is 2. The Bertz CT molecular complexity index is 669. The van der Waals surface area contributed by atoms with Crippen molar-refractivity contribution in [3.05, 3.63) is 47.9 Å². The Morgan fingerprint density at radius 2 is 2.05 bits per heavy atom. The predicted octanol–water partition coefficient (Wildman–Crippen LogP) is 1.08. The van der Waals surface area contributed by atoms with Gasteiger partial charge < -0.3 is 5.11 Å². The number of aliphatic hydroxyl groups is 1. The Labute approximate surface area is 111 Å². The first-order chi connectivity index (χ1) is 9.03. The van der Waals surface area contributed by atoms with Crippen LogP contribution in [0.1, 0.15) is 11.1 Å². The second kappa shape index (κ2) is 5.33. The van der Waals surface area contributed by atoms with E-state index in [4.69, 9.17) is 5.11 Å². The number of pyridine rings is 2. The summed E-state index contributed by atoms with van der Waals surface area (Å²) >= 11 is 0. The Morgan fingerprint density at radius 3 is 2.63 bits per heavy atom. The zero-order valence-corrected chi connectivity index (χ0v) is 11.1. The summed E-state index contributed by atoms with van der Waals surface area (Å²) in [6.45, 7) is 1.60. The van der Waals surface area contributed by atoms with Crippen LogP contribution < -0.4 is 4.72 Å². The molecule has 2 N–H and O–H groups in total. The third-order valence-corrected chi connectivity index (χ3v) is 3.82. The molecule has 0 radical (unpaired) electrons. The van der Waals surface area contributed by atoms with Gasteiger partial charge in [0, 0.05) is 12.4 Å². The van der Waals surface area contributed by atoms with Crippen molar-refractivity contribution in [1.29, 1.82) is 0 Å². The van der Waals surface area contributed by atoms with Gasteiger partial charge in [-0.05, 0) is 30.2 Å². The lowest BCUT2D eigenvalue weighted by molar-refractivity contribution is 0.281. The first-order valence-electron chi connectivity index (χ1n) is 5.52. The van der Waals surface area contributed by atoms with Gasteiger partial charge in [0.05, 0.1) is 18.5 Å². The van der Waals surface area contributed by atoms with E-state index in [1.165, 1.54) is 24.5 Å². The lowest BCUT2D eigenvalue weighted by Gasteiger charge is -2.09. The summed E-state index contributed by atoms with van der Waals surface area (Å²) in [7, 11) is -3.74. The monoisotopic (exact) mass is 279 g/mol. The van der Waals surface area contributed by atoms with Crippen LogP contribution in [-0.4, -0.2) is 23.5 Å². The van der Waals surface area contributed by atoms with Crippen molar-refractivity contribution >= 4 is 15.7 Å². The van der Waals surface area contributed by atoms with E-state index in [2.05, 4.69) is 14.7 Å². The van der Waals surface area contributed by atoms with E-state index in [0.29, 0.717) is 11.3 Å². The summed E-state index contributed by atoms with van der Waals surface area (Å²) in [6.07, 6.45) is 4.35. The van der Waals surface area contributed by atoms with Crippen molar-refractivity contribution in [2.45, 2.75) is 18.6 Å². The molecule has 0 bridgehead atoms. The number of anilines is 1. The Kier molecular flexibility index (Phi) is 3.77. The summed E-state index contributed by atoms with van der Waals surface area (Å²) in [5, 5.41) is 8.79. The molecule has 7 heteroatoms. The highest BCUT2D eigenvalue weighted by Gasteiger charge is 2.16. The van der Waals surface area contributed by atoms with E-state index in [-0.39, 0.29) is 11.6 Å². The van der Waals surface area contributed by atoms with Crippen LogP contribution in [0.4, 0.5) is 5.69 Å². The molecule has 2 aromatic rings. The van der Waals surface area contributed by atoms with Crippen LogP contribution in [0, 0.1) is 6.92 Å². The average Bonchev–Trinajstić information content (AvgIpc) is 2.41. The van der Waals surface area contributed by atoms with Crippen molar-refractivity contribution in [3.63, 3.8) is 0 Å². The molecule has 0 aliphatic heterocycles. The maximum absolute atomic E-state index is 12.1. The standard InChI is InChI=1S/C12H13N3O3S/c1-9-4-5-13-7-11(9)15-19(17,18)12-3-2-10(8-16)6-14-12/h2-7,15-16H,8H2,1H3. The number of rotatable bonds is 4. The van der Waals surface area contributed by atoms with Gasteiger partial charge in [-0.15, -0.1) is 0 Å². The van der Waals surface area contributed by atoms with E-state index in [1.807, 2.05) is 0 Å². The summed E-state index contributed by atoms with van der Waals surface area (Å²) in [5.41, 5.74) is 1.73. The number of aromatic nitrogens is 2. The van der Waals surface area contributed by atoms with E-state index in [0.717, 1.165) is 5.56 Å². The quantitative estimate of drug-likeness (QED) is 0.873. The fourth-order valence-electron chi connectivity index (χ4n) is 1.43. The van der Waals surface area contributed by atoms with Crippen LogP contribution in [0.3, 0.4) is 0 Å². The van der Waals surface area contributed by atoms with E-state index in [9.17, 15) is 8.42 Å². The molecule has 2 heterocycles. The summed E-state index contributed by atoms with van der Waals surface area (Å²) < 4.78 is 26.6. The molecule has 0 aliphatic carbocycles. The largest absolute Gasteiger partial charge is 0.392 e. The lowest BCUT2D eigenvalue weighted by atomic mass is 10.3. The fourth-order valence-corrected chi connectivity index (χ4v) is 2.48. The van der Waals surface area contributed by atoms with Crippen LogP contribution >= 0.6 is 0 Å². The van der Waals surface area contributed by atoms with Gasteiger partial charge in [0.1, 0.15) is 0 Å². The summed E-state index contributed by atoms with van der Waals surface area (Å²) in [5.74, 6) is 0. The van der Waals surface area contributed by atoms with Crippen LogP contribution in [0.25, 0.3) is 0 Å². The van der Waals surface area contributed by atoms with Gasteiger partial charge in [-0.1, -0.05) is 6.07 Å². The number of hydrogen-bond acceptors (Lipinski definition) is 5. The van der Waals surface area contributed by atoms with E-state index < -0.39 is 10.0 Å². The number of sulfonamides is 1. The minimum Gasteiger partial charge on any atom is -0.392 e. The molecular weight excluding hydrogens is 266 g/mol. The number of hydrogen-bond donors (Lipinski definition) is 2. The third kappa shape index (κ3) is 3.07. The first-order valence-corrected chi connectivity index (χ1v) is 7.00. The molecule has 0 aliphatic rings. The highest BCUT2D eigenvalue weighted by atomic mass is 32.2. The van der Waals surface area contributed by atoms with Gasteiger partial charge in [-0.25, -0.2) is 4.98 Å². The second-order valence-corrected chi connectivity index (χ2v) is 5.59. The van der Waals surface area contributed by atoms with Crippen LogP contribution in [0.15, 0.2) is 41.8 Å².